The molecule has 0 aliphatic heterocycles. The van der Waals surface area contributed by atoms with Crippen LogP contribution in [0.4, 0.5) is 0 Å². The maximum atomic E-state index is 10.2. The lowest BCUT2D eigenvalue weighted by Gasteiger charge is -2.17. The van der Waals surface area contributed by atoms with Crippen molar-refractivity contribution in [3.63, 3.8) is 0 Å². The number of fused-ring (bicyclic) bond motifs is 1. The van der Waals surface area contributed by atoms with Gasteiger partial charge in [-0.15, -0.1) is 0 Å². The van der Waals surface area contributed by atoms with Crippen LogP contribution in [-0.2, 0) is 6.42 Å². The highest BCUT2D eigenvalue weighted by Gasteiger charge is 2.35. The number of methoxy groups -OCH3 is 3. The average Bonchev–Trinajstić information content (AvgIpc) is 2.64. The van der Waals surface area contributed by atoms with E-state index in [1.807, 2.05) is 13.0 Å². The monoisotopic (exact) mass is 238 g/mol. The second-order valence-electron chi connectivity index (χ2n) is 4.33. The van der Waals surface area contributed by atoms with Crippen LogP contribution in [0, 0.1) is 5.92 Å². The molecule has 2 unspecified atom stereocenters. The summed E-state index contributed by atoms with van der Waals surface area (Å²) in [6.07, 6.45) is 0.268. The van der Waals surface area contributed by atoms with Crippen molar-refractivity contribution >= 4 is 0 Å². The SMILES string of the molecule is COc1cc(OC)c(OC)c2c1CC(C)C2O. The predicted octanol–water partition coefficient (Wildman–Crippen LogP) is 1.94. The largest absolute Gasteiger partial charge is 0.496 e. The second-order valence-corrected chi connectivity index (χ2v) is 4.33. The summed E-state index contributed by atoms with van der Waals surface area (Å²) >= 11 is 0. The molecule has 0 saturated carbocycles. The first-order valence-corrected chi connectivity index (χ1v) is 5.63. The quantitative estimate of drug-likeness (QED) is 0.874. The summed E-state index contributed by atoms with van der Waals surface area (Å²) in [4.78, 5) is 0. The number of aliphatic hydroxyl groups excluding tert-OH is 1. The van der Waals surface area contributed by atoms with E-state index in [0.717, 1.165) is 23.3 Å². The van der Waals surface area contributed by atoms with Gasteiger partial charge in [0.2, 0.25) is 0 Å². The molecule has 94 valence electrons. The molecule has 1 aromatic rings. The Kier molecular flexibility index (Phi) is 3.15. The fourth-order valence-corrected chi connectivity index (χ4v) is 2.46. The van der Waals surface area contributed by atoms with Crippen molar-refractivity contribution in [3.05, 3.63) is 17.2 Å². The van der Waals surface area contributed by atoms with Gasteiger partial charge in [0.15, 0.2) is 11.5 Å². The maximum Gasteiger partial charge on any atom is 0.167 e. The molecule has 0 saturated heterocycles. The number of benzene rings is 1. The molecular weight excluding hydrogens is 220 g/mol. The van der Waals surface area contributed by atoms with Crippen LogP contribution in [0.2, 0.25) is 0 Å². The van der Waals surface area contributed by atoms with E-state index >= 15 is 0 Å². The molecule has 4 nitrogen and oxygen atoms in total. The predicted molar refractivity (Wildman–Crippen MR) is 63.9 cm³/mol. The summed E-state index contributed by atoms with van der Waals surface area (Å²) in [5.74, 6) is 2.12. The molecule has 0 fully saturated rings. The number of hydrogen-bond acceptors (Lipinski definition) is 4. The van der Waals surface area contributed by atoms with E-state index < -0.39 is 6.10 Å². The Morgan fingerprint density at radius 1 is 1.12 bits per heavy atom. The van der Waals surface area contributed by atoms with Crippen molar-refractivity contribution in [1.29, 1.82) is 0 Å². The van der Waals surface area contributed by atoms with E-state index in [1.54, 1.807) is 21.3 Å². The van der Waals surface area contributed by atoms with E-state index in [1.165, 1.54) is 0 Å². The molecule has 0 aromatic heterocycles. The smallest absolute Gasteiger partial charge is 0.167 e. The fourth-order valence-electron chi connectivity index (χ4n) is 2.46. The van der Waals surface area contributed by atoms with Crippen molar-refractivity contribution in [2.45, 2.75) is 19.4 Å². The molecule has 1 aromatic carbocycles. The van der Waals surface area contributed by atoms with Gasteiger partial charge in [0.05, 0.1) is 27.4 Å². The summed E-state index contributed by atoms with van der Waals surface area (Å²) in [7, 11) is 4.78. The summed E-state index contributed by atoms with van der Waals surface area (Å²) < 4.78 is 16.0. The fraction of sp³-hybridized carbons (Fsp3) is 0.538. The van der Waals surface area contributed by atoms with Crippen LogP contribution >= 0.6 is 0 Å². The number of hydrogen-bond donors (Lipinski definition) is 1. The van der Waals surface area contributed by atoms with Gasteiger partial charge < -0.3 is 19.3 Å². The van der Waals surface area contributed by atoms with Crippen LogP contribution in [0.1, 0.15) is 24.2 Å². The molecule has 2 rings (SSSR count). The molecule has 1 aliphatic rings. The molecule has 17 heavy (non-hydrogen) atoms. The Labute approximate surface area is 101 Å². The van der Waals surface area contributed by atoms with Gasteiger partial charge in [0.1, 0.15) is 5.75 Å². The van der Waals surface area contributed by atoms with Crippen molar-refractivity contribution in [2.24, 2.45) is 5.92 Å². The lowest BCUT2D eigenvalue weighted by molar-refractivity contribution is 0.129. The van der Waals surface area contributed by atoms with E-state index in [2.05, 4.69) is 0 Å². The van der Waals surface area contributed by atoms with Crippen LogP contribution in [-0.4, -0.2) is 26.4 Å². The van der Waals surface area contributed by atoms with Gasteiger partial charge in [0, 0.05) is 17.2 Å². The molecule has 4 heteroatoms. The number of ether oxygens (including phenoxy) is 3. The molecule has 1 aliphatic carbocycles. The molecule has 0 heterocycles. The lowest BCUT2D eigenvalue weighted by Crippen LogP contribution is -2.04. The Balaban J connectivity index is 2.66. The van der Waals surface area contributed by atoms with Crippen molar-refractivity contribution in [2.75, 3.05) is 21.3 Å². The van der Waals surface area contributed by atoms with Gasteiger partial charge in [-0.2, -0.15) is 0 Å². The normalized spacial score (nSPS) is 22.2. The highest BCUT2D eigenvalue weighted by Crippen LogP contribution is 2.49. The van der Waals surface area contributed by atoms with E-state index in [9.17, 15) is 5.11 Å². The maximum absolute atomic E-state index is 10.2. The Hall–Kier alpha value is -1.42. The van der Waals surface area contributed by atoms with Gasteiger partial charge >= 0.3 is 0 Å². The number of aliphatic hydroxyl groups is 1. The van der Waals surface area contributed by atoms with Gasteiger partial charge in [-0.3, -0.25) is 0 Å². The first-order chi connectivity index (χ1) is 8.13. The van der Waals surface area contributed by atoms with Crippen LogP contribution < -0.4 is 14.2 Å². The third-order valence-corrected chi connectivity index (χ3v) is 3.36. The second kappa shape index (κ2) is 4.45. The topological polar surface area (TPSA) is 47.9 Å². The van der Waals surface area contributed by atoms with Gasteiger partial charge in [-0.05, 0) is 12.3 Å². The van der Waals surface area contributed by atoms with E-state index in [0.29, 0.717) is 11.5 Å². The molecule has 1 N–H and O–H groups in total. The number of rotatable bonds is 3. The first kappa shape index (κ1) is 12.0. The third kappa shape index (κ3) is 1.72. The first-order valence-electron chi connectivity index (χ1n) is 5.63. The Morgan fingerprint density at radius 2 is 1.76 bits per heavy atom. The minimum absolute atomic E-state index is 0.167. The highest BCUT2D eigenvalue weighted by molar-refractivity contribution is 5.60. The van der Waals surface area contributed by atoms with Crippen LogP contribution in [0.25, 0.3) is 0 Å². The van der Waals surface area contributed by atoms with Crippen molar-refractivity contribution in [1.82, 2.24) is 0 Å². The summed E-state index contributed by atoms with van der Waals surface area (Å²) in [5.41, 5.74) is 1.82. The molecule has 0 bridgehead atoms. The molecule has 0 amide bonds. The van der Waals surface area contributed by atoms with Crippen LogP contribution in [0.3, 0.4) is 0 Å². The minimum Gasteiger partial charge on any atom is -0.496 e. The van der Waals surface area contributed by atoms with Gasteiger partial charge in [0.25, 0.3) is 0 Å². The molecular formula is C13H18O4. The summed E-state index contributed by atoms with van der Waals surface area (Å²) in [5, 5.41) is 10.2. The van der Waals surface area contributed by atoms with Gasteiger partial charge in [-0.25, -0.2) is 0 Å². The lowest BCUT2D eigenvalue weighted by atomic mass is 10.0. The summed E-state index contributed by atoms with van der Waals surface area (Å²) in [6, 6.07) is 1.81. The Morgan fingerprint density at radius 3 is 2.29 bits per heavy atom. The highest BCUT2D eigenvalue weighted by atomic mass is 16.5. The van der Waals surface area contributed by atoms with Crippen LogP contribution in [0.15, 0.2) is 6.07 Å². The molecule has 2 atom stereocenters. The van der Waals surface area contributed by atoms with Crippen molar-refractivity contribution in [3.8, 4) is 17.2 Å². The van der Waals surface area contributed by atoms with Crippen molar-refractivity contribution < 1.29 is 19.3 Å². The third-order valence-electron chi connectivity index (χ3n) is 3.36. The average molecular weight is 238 g/mol. The van der Waals surface area contributed by atoms with E-state index in [-0.39, 0.29) is 5.92 Å². The molecule has 0 radical (unpaired) electrons. The van der Waals surface area contributed by atoms with Crippen LogP contribution in [0.5, 0.6) is 17.2 Å². The zero-order valence-electron chi connectivity index (χ0n) is 10.6. The zero-order chi connectivity index (χ0) is 12.6. The zero-order valence-corrected chi connectivity index (χ0v) is 10.6. The Bertz CT molecular complexity index is 428. The minimum atomic E-state index is -0.524. The van der Waals surface area contributed by atoms with E-state index in [4.69, 9.17) is 14.2 Å². The molecule has 0 spiro atoms. The summed E-state index contributed by atoms with van der Waals surface area (Å²) in [6.45, 7) is 2.01. The van der Waals surface area contributed by atoms with Gasteiger partial charge in [-0.1, -0.05) is 6.92 Å². The standard InChI is InChI=1S/C13H18O4/c1-7-5-8-9(15-2)6-10(16-3)13(17-4)11(8)12(7)14/h6-7,12,14H,5H2,1-4H3.